The van der Waals surface area contributed by atoms with Gasteiger partial charge in [0.05, 0.1) is 11.8 Å². The molecule has 0 fully saturated rings. The molecular formula is C15H26O4. The molecule has 0 radical (unpaired) electrons. The Bertz CT molecular complexity index is 284. The van der Waals surface area contributed by atoms with Gasteiger partial charge in [-0.25, -0.2) is 0 Å². The number of allylic oxidation sites excluding steroid dienone is 2. The van der Waals surface area contributed by atoms with Gasteiger partial charge in [-0.15, -0.1) is 13.2 Å². The Morgan fingerprint density at radius 3 is 1.84 bits per heavy atom. The molecule has 2 atom stereocenters. The summed E-state index contributed by atoms with van der Waals surface area (Å²) in [4.78, 5) is 20.6. The molecule has 4 heteroatoms. The van der Waals surface area contributed by atoms with Gasteiger partial charge in [0.2, 0.25) is 0 Å². The molecule has 4 nitrogen and oxygen atoms in total. The Labute approximate surface area is 115 Å². The monoisotopic (exact) mass is 270 g/mol. The lowest BCUT2D eigenvalue weighted by molar-refractivity contribution is -0.142. The highest BCUT2D eigenvalue weighted by Gasteiger charge is 2.12. The van der Waals surface area contributed by atoms with E-state index in [1.165, 1.54) is 0 Å². The molecule has 0 heterocycles. The van der Waals surface area contributed by atoms with Gasteiger partial charge in [-0.1, -0.05) is 26.0 Å². The number of hydrogen-bond donors (Lipinski definition) is 2. The lowest BCUT2D eigenvalue weighted by Gasteiger charge is -2.05. The van der Waals surface area contributed by atoms with E-state index in [2.05, 4.69) is 13.2 Å². The fraction of sp³-hybridized carbons (Fsp3) is 0.600. The first kappa shape index (κ1) is 19.8. The minimum atomic E-state index is -0.725. The Morgan fingerprint density at radius 1 is 1.05 bits per heavy atom. The third-order valence-electron chi connectivity index (χ3n) is 2.79. The summed E-state index contributed by atoms with van der Waals surface area (Å²) in [6.07, 6.45) is 7.20. The van der Waals surface area contributed by atoms with Crippen LogP contribution >= 0.6 is 0 Å². The first-order chi connectivity index (χ1) is 8.90. The third-order valence-corrected chi connectivity index (χ3v) is 2.79. The van der Waals surface area contributed by atoms with E-state index in [-0.39, 0.29) is 11.8 Å². The van der Waals surface area contributed by atoms with E-state index < -0.39 is 11.9 Å². The van der Waals surface area contributed by atoms with E-state index in [1.807, 2.05) is 6.92 Å². The average molecular weight is 270 g/mol. The van der Waals surface area contributed by atoms with E-state index in [4.69, 9.17) is 10.2 Å². The van der Waals surface area contributed by atoms with Gasteiger partial charge in [-0.05, 0) is 32.1 Å². The van der Waals surface area contributed by atoms with Crippen LogP contribution in [0.2, 0.25) is 0 Å². The Balaban J connectivity index is 0. The van der Waals surface area contributed by atoms with Crippen LogP contribution in [-0.2, 0) is 9.59 Å². The SMILES string of the molecule is C=CCCC(C)C(=O)O.C=CCCC(CC)C(=O)O. The maximum absolute atomic E-state index is 10.4. The zero-order valence-corrected chi connectivity index (χ0v) is 12.0. The average Bonchev–Trinajstić information content (AvgIpc) is 2.37. The largest absolute Gasteiger partial charge is 0.481 e. The van der Waals surface area contributed by atoms with E-state index in [1.54, 1.807) is 19.1 Å². The summed E-state index contributed by atoms with van der Waals surface area (Å²) in [5.74, 6) is -1.83. The molecule has 0 aromatic rings. The topological polar surface area (TPSA) is 74.6 Å². The van der Waals surface area contributed by atoms with Crippen molar-refractivity contribution in [3.8, 4) is 0 Å². The molecule has 2 unspecified atom stereocenters. The molecule has 110 valence electrons. The summed E-state index contributed by atoms with van der Waals surface area (Å²) in [6, 6.07) is 0. The highest BCUT2D eigenvalue weighted by molar-refractivity contribution is 5.69. The van der Waals surface area contributed by atoms with Gasteiger partial charge in [-0.2, -0.15) is 0 Å². The van der Waals surface area contributed by atoms with Gasteiger partial charge >= 0.3 is 11.9 Å². The first-order valence-corrected chi connectivity index (χ1v) is 6.58. The molecule has 0 saturated heterocycles. The van der Waals surface area contributed by atoms with Crippen molar-refractivity contribution in [1.29, 1.82) is 0 Å². The van der Waals surface area contributed by atoms with Crippen molar-refractivity contribution >= 4 is 11.9 Å². The van der Waals surface area contributed by atoms with Crippen LogP contribution < -0.4 is 0 Å². The Kier molecular flexibility index (Phi) is 13.4. The molecule has 0 aromatic heterocycles. The van der Waals surface area contributed by atoms with Crippen molar-refractivity contribution in [1.82, 2.24) is 0 Å². The standard InChI is InChI=1S/C8H14O2.C7H12O2/c1-3-5-6-7(4-2)8(9)10;1-3-4-5-6(2)7(8)9/h3,7H,1,4-6H2,2H3,(H,9,10);3,6H,1,4-5H2,2H3,(H,8,9). The van der Waals surface area contributed by atoms with Crippen molar-refractivity contribution in [3.63, 3.8) is 0 Å². The van der Waals surface area contributed by atoms with Gasteiger partial charge in [0.15, 0.2) is 0 Å². The van der Waals surface area contributed by atoms with Gasteiger partial charge in [-0.3, -0.25) is 9.59 Å². The minimum Gasteiger partial charge on any atom is -0.481 e. The van der Waals surface area contributed by atoms with E-state index >= 15 is 0 Å². The van der Waals surface area contributed by atoms with Crippen LogP contribution in [0.5, 0.6) is 0 Å². The van der Waals surface area contributed by atoms with Crippen molar-refractivity contribution in [2.24, 2.45) is 11.8 Å². The summed E-state index contributed by atoms with van der Waals surface area (Å²) in [5, 5.41) is 16.9. The second-order valence-electron chi connectivity index (χ2n) is 4.41. The number of rotatable bonds is 9. The van der Waals surface area contributed by atoms with E-state index in [0.717, 1.165) is 19.3 Å². The number of carboxylic acid groups (broad SMARTS) is 2. The van der Waals surface area contributed by atoms with Gasteiger partial charge in [0.1, 0.15) is 0 Å². The quantitative estimate of drug-likeness (QED) is 0.626. The van der Waals surface area contributed by atoms with Gasteiger partial charge in [0.25, 0.3) is 0 Å². The highest BCUT2D eigenvalue weighted by Crippen LogP contribution is 2.10. The molecular weight excluding hydrogens is 244 g/mol. The maximum Gasteiger partial charge on any atom is 0.306 e. The fourth-order valence-corrected chi connectivity index (χ4v) is 1.31. The maximum atomic E-state index is 10.4. The molecule has 2 N–H and O–H groups in total. The zero-order chi connectivity index (χ0) is 15.3. The summed E-state index contributed by atoms with van der Waals surface area (Å²) in [5.41, 5.74) is 0. The van der Waals surface area contributed by atoms with Crippen LogP contribution in [0.3, 0.4) is 0 Å². The van der Waals surface area contributed by atoms with Crippen LogP contribution in [0.15, 0.2) is 25.3 Å². The molecule has 0 aromatic carbocycles. The molecule has 0 aliphatic heterocycles. The van der Waals surface area contributed by atoms with Crippen LogP contribution in [0.4, 0.5) is 0 Å². The smallest absolute Gasteiger partial charge is 0.306 e. The number of carboxylic acids is 2. The normalized spacial score (nSPS) is 12.5. The van der Waals surface area contributed by atoms with Crippen molar-refractivity contribution < 1.29 is 19.8 Å². The number of hydrogen-bond acceptors (Lipinski definition) is 2. The van der Waals surface area contributed by atoms with Gasteiger partial charge in [0, 0.05) is 0 Å². The predicted octanol–water partition coefficient (Wildman–Crippen LogP) is 3.74. The van der Waals surface area contributed by atoms with Crippen LogP contribution in [0.1, 0.15) is 46.0 Å². The van der Waals surface area contributed by atoms with Crippen molar-refractivity contribution in [2.45, 2.75) is 46.0 Å². The molecule has 0 rings (SSSR count). The second kappa shape index (κ2) is 12.9. The zero-order valence-electron chi connectivity index (χ0n) is 12.0. The second-order valence-corrected chi connectivity index (χ2v) is 4.41. The lowest BCUT2D eigenvalue weighted by atomic mass is 10.0. The molecule has 0 aliphatic carbocycles. The minimum absolute atomic E-state index is 0.182. The fourth-order valence-electron chi connectivity index (χ4n) is 1.31. The van der Waals surface area contributed by atoms with Crippen LogP contribution in [0, 0.1) is 11.8 Å². The summed E-state index contributed by atoms with van der Waals surface area (Å²) in [7, 11) is 0. The molecule has 0 bridgehead atoms. The van der Waals surface area contributed by atoms with E-state index in [9.17, 15) is 9.59 Å². The van der Waals surface area contributed by atoms with Crippen molar-refractivity contribution in [3.05, 3.63) is 25.3 Å². The summed E-state index contributed by atoms with van der Waals surface area (Å²) >= 11 is 0. The molecule has 0 spiro atoms. The number of aliphatic carboxylic acids is 2. The molecule has 0 aliphatic rings. The highest BCUT2D eigenvalue weighted by atomic mass is 16.4. The summed E-state index contributed by atoms with van der Waals surface area (Å²) < 4.78 is 0. The number of carbonyl (C=O) groups is 2. The Morgan fingerprint density at radius 2 is 1.53 bits per heavy atom. The predicted molar refractivity (Wildman–Crippen MR) is 77.1 cm³/mol. The van der Waals surface area contributed by atoms with E-state index in [0.29, 0.717) is 12.8 Å². The van der Waals surface area contributed by atoms with Crippen LogP contribution in [-0.4, -0.2) is 22.2 Å². The summed E-state index contributed by atoms with van der Waals surface area (Å²) in [6.45, 7) is 10.6. The first-order valence-electron chi connectivity index (χ1n) is 6.58. The van der Waals surface area contributed by atoms with Gasteiger partial charge < -0.3 is 10.2 Å². The van der Waals surface area contributed by atoms with Crippen LogP contribution in [0.25, 0.3) is 0 Å². The Hall–Kier alpha value is -1.58. The molecule has 0 saturated carbocycles. The lowest BCUT2D eigenvalue weighted by Crippen LogP contribution is -2.11. The third kappa shape index (κ3) is 12.7. The van der Waals surface area contributed by atoms with Crippen molar-refractivity contribution in [2.75, 3.05) is 0 Å². The molecule has 19 heavy (non-hydrogen) atoms. The molecule has 0 amide bonds.